The van der Waals surface area contributed by atoms with Crippen molar-refractivity contribution >= 4 is 35.0 Å². The number of carboxylic acids is 2. The van der Waals surface area contributed by atoms with E-state index in [2.05, 4.69) is 4.98 Å². The number of carbonyl (C=O) groups is 2. The van der Waals surface area contributed by atoms with E-state index in [0.717, 1.165) is 28.7 Å². The van der Waals surface area contributed by atoms with Crippen molar-refractivity contribution in [3.63, 3.8) is 0 Å². The summed E-state index contributed by atoms with van der Waals surface area (Å²) in [6.07, 6.45) is -0.583. The quantitative estimate of drug-likeness (QED) is 0.438. The molecular weight excluding hydrogens is 466 g/mol. The van der Waals surface area contributed by atoms with Crippen molar-refractivity contribution in [1.29, 1.82) is 0 Å². The number of aromatic nitrogens is 1. The van der Waals surface area contributed by atoms with E-state index < -0.39 is 29.7 Å². The summed E-state index contributed by atoms with van der Waals surface area (Å²) in [5, 5.41) is 20.3. The minimum Gasteiger partial charge on any atom is -0.493 e. The standard InChI is InChI=1S/C23H21NO7S2/c1-30-16-9-14(7-8-15(16)31-11-13-5-3-2-4-6-13)18-19-20(24-22(29)33-19)32-12-23(18,21(27)28)10-17(25)26/h2-9,18H,10-12H2,1H3,(H,24,29)(H,25,26)(H,27,28)/t18-,23-/m1/s1. The van der Waals surface area contributed by atoms with Gasteiger partial charge in [0.05, 0.1) is 24.0 Å². The molecular formula is C23H21NO7S2. The molecule has 8 nitrogen and oxygen atoms in total. The van der Waals surface area contributed by atoms with Crippen LogP contribution in [0.5, 0.6) is 11.5 Å². The summed E-state index contributed by atoms with van der Waals surface area (Å²) in [6.45, 7) is 0.318. The van der Waals surface area contributed by atoms with Gasteiger partial charge < -0.3 is 24.7 Å². The van der Waals surface area contributed by atoms with Crippen LogP contribution in [-0.4, -0.2) is 40.0 Å². The van der Waals surface area contributed by atoms with Crippen LogP contribution >= 0.6 is 23.1 Å². The summed E-state index contributed by atoms with van der Waals surface area (Å²) in [7, 11) is 1.48. The van der Waals surface area contributed by atoms with Gasteiger partial charge in [0.15, 0.2) is 11.5 Å². The molecule has 4 rings (SSSR count). The second-order valence-corrected chi connectivity index (χ2v) is 9.65. The lowest BCUT2D eigenvalue weighted by molar-refractivity contribution is -0.155. The van der Waals surface area contributed by atoms with Crippen molar-refractivity contribution in [3.05, 3.63) is 74.2 Å². The molecule has 10 heteroatoms. The van der Waals surface area contributed by atoms with Crippen LogP contribution in [0.15, 0.2) is 58.4 Å². The predicted octanol–water partition coefficient (Wildman–Crippen LogP) is 3.81. The van der Waals surface area contributed by atoms with Crippen LogP contribution in [0.25, 0.3) is 0 Å². The molecule has 172 valence electrons. The van der Waals surface area contributed by atoms with E-state index >= 15 is 0 Å². The lowest BCUT2D eigenvalue weighted by Gasteiger charge is -2.39. The molecule has 33 heavy (non-hydrogen) atoms. The Kier molecular flexibility index (Phi) is 6.48. The number of nitrogens with one attached hydrogen (secondary N) is 1. The highest BCUT2D eigenvalue weighted by molar-refractivity contribution is 7.99. The molecule has 3 N–H and O–H groups in total. The smallest absolute Gasteiger partial charge is 0.312 e. The van der Waals surface area contributed by atoms with Gasteiger partial charge in [-0.15, -0.1) is 11.8 Å². The lowest BCUT2D eigenvalue weighted by atomic mass is 9.70. The summed E-state index contributed by atoms with van der Waals surface area (Å²) in [6, 6.07) is 14.7. The molecule has 1 aliphatic rings. The number of ether oxygens (including phenoxy) is 2. The first-order valence-corrected chi connectivity index (χ1v) is 11.8. The van der Waals surface area contributed by atoms with Gasteiger partial charge in [-0.3, -0.25) is 14.4 Å². The Morgan fingerprint density at radius 2 is 1.91 bits per heavy atom. The number of methoxy groups -OCH3 is 1. The Morgan fingerprint density at radius 3 is 2.58 bits per heavy atom. The van der Waals surface area contributed by atoms with E-state index in [9.17, 15) is 24.6 Å². The number of hydrogen-bond donors (Lipinski definition) is 3. The molecule has 2 heterocycles. The molecule has 1 aliphatic heterocycles. The highest BCUT2D eigenvalue weighted by Gasteiger charge is 2.53. The minimum absolute atomic E-state index is 0.00749. The monoisotopic (exact) mass is 487 g/mol. The van der Waals surface area contributed by atoms with Crippen molar-refractivity contribution in [1.82, 2.24) is 4.98 Å². The Hall–Kier alpha value is -3.24. The summed E-state index contributed by atoms with van der Waals surface area (Å²) in [5.41, 5.74) is -0.119. The van der Waals surface area contributed by atoms with Gasteiger partial charge in [-0.25, -0.2) is 0 Å². The van der Waals surface area contributed by atoms with Crippen molar-refractivity contribution < 1.29 is 29.3 Å². The van der Waals surface area contributed by atoms with E-state index in [-0.39, 0.29) is 10.6 Å². The zero-order chi connectivity index (χ0) is 23.6. The van der Waals surface area contributed by atoms with E-state index in [1.165, 1.54) is 7.11 Å². The first-order chi connectivity index (χ1) is 15.8. The number of rotatable bonds is 8. The van der Waals surface area contributed by atoms with E-state index in [4.69, 9.17) is 9.47 Å². The first-order valence-electron chi connectivity index (χ1n) is 9.99. The molecule has 0 spiro atoms. The van der Waals surface area contributed by atoms with Crippen molar-refractivity contribution in [2.75, 3.05) is 12.9 Å². The fourth-order valence-electron chi connectivity index (χ4n) is 4.03. The van der Waals surface area contributed by atoms with Gasteiger partial charge in [-0.05, 0) is 23.3 Å². The molecule has 1 aromatic heterocycles. The third-order valence-corrected chi connectivity index (χ3v) is 7.93. The maximum Gasteiger partial charge on any atom is 0.312 e. The molecule has 2 aromatic carbocycles. The largest absolute Gasteiger partial charge is 0.493 e. The number of thiazole rings is 1. The highest BCUT2D eigenvalue weighted by Crippen LogP contribution is 2.54. The van der Waals surface area contributed by atoms with Crippen LogP contribution in [0.2, 0.25) is 0 Å². The first kappa shape index (κ1) is 22.9. The lowest BCUT2D eigenvalue weighted by Crippen LogP contribution is -2.44. The summed E-state index contributed by atoms with van der Waals surface area (Å²) < 4.78 is 11.4. The number of hydrogen-bond acceptors (Lipinski definition) is 7. The second kappa shape index (κ2) is 9.32. The summed E-state index contributed by atoms with van der Waals surface area (Å²) in [5.74, 6) is -2.42. The molecule has 0 aliphatic carbocycles. The Morgan fingerprint density at radius 1 is 1.15 bits per heavy atom. The number of aliphatic carboxylic acids is 2. The van der Waals surface area contributed by atoms with Crippen LogP contribution in [0.3, 0.4) is 0 Å². The molecule has 3 aromatic rings. The Labute approximate surface area is 197 Å². The number of H-pyrrole nitrogens is 1. The van der Waals surface area contributed by atoms with Crippen LogP contribution in [0.1, 0.15) is 28.3 Å². The van der Waals surface area contributed by atoms with Crippen LogP contribution in [0.4, 0.5) is 0 Å². The van der Waals surface area contributed by atoms with Gasteiger partial charge in [0, 0.05) is 16.5 Å². The number of carboxylic acid groups (broad SMARTS) is 2. The summed E-state index contributed by atoms with van der Waals surface area (Å²) >= 11 is 2.06. The Balaban J connectivity index is 1.77. The maximum atomic E-state index is 12.5. The van der Waals surface area contributed by atoms with Crippen LogP contribution in [-0.2, 0) is 16.2 Å². The number of benzene rings is 2. The van der Waals surface area contributed by atoms with E-state index in [0.29, 0.717) is 33.6 Å². The fraction of sp³-hybridized carbons (Fsp3) is 0.261. The zero-order valence-corrected chi connectivity index (χ0v) is 19.2. The third-order valence-electron chi connectivity index (χ3n) is 5.58. The van der Waals surface area contributed by atoms with E-state index in [1.807, 2.05) is 30.3 Å². The number of aromatic amines is 1. The molecule has 0 radical (unpaired) electrons. The zero-order valence-electron chi connectivity index (χ0n) is 17.6. The third kappa shape index (κ3) is 4.49. The normalized spacial score (nSPS) is 19.5. The van der Waals surface area contributed by atoms with Gasteiger partial charge in [0.25, 0.3) is 0 Å². The van der Waals surface area contributed by atoms with Crippen molar-refractivity contribution in [3.8, 4) is 11.5 Å². The molecule has 0 bridgehead atoms. The van der Waals surface area contributed by atoms with Crippen molar-refractivity contribution in [2.45, 2.75) is 24.0 Å². The van der Waals surface area contributed by atoms with Gasteiger partial charge >= 0.3 is 16.8 Å². The van der Waals surface area contributed by atoms with Gasteiger partial charge in [0.2, 0.25) is 0 Å². The van der Waals surface area contributed by atoms with Gasteiger partial charge in [-0.1, -0.05) is 47.7 Å². The average Bonchev–Trinajstić information content (AvgIpc) is 3.17. The fourth-order valence-corrected chi connectivity index (χ4v) is 6.59. The average molecular weight is 488 g/mol. The van der Waals surface area contributed by atoms with Crippen molar-refractivity contribution in [2.24, 2.45) is 5.41 Å². The second-order valence-electron chi connectivity index (χ2n) is 7.65. The highest BCUT2D eigenvalue weighted by atomic mass is 32.2. The predicted molar refractivity (Wildman–Crippen MR) is 124 cm³/mol. The van der Waals surface area contributed by atoms with Crippen LogP contribution in [0, 0.1) is 5.41 Å². The number of thioether (sulfide) groups is 1. The molecule has 0 amide bonds. The van der Waals surface area contributed by atoms with Crippen LogP contribution < -0.4 is 14.3 Å². The minimum atomic E-state index is -1.63. The maximum absolute atomic E-state index is 12.5. The Bertz CT molecular complexity index is 1240. The summed E-state index contributed by atoms with van der Waals surface area (Å²) in [4.78, 5) is 39.2. The molecule has 0 fully saturated rings. The molecule has 0 saturated carbocycles. The SMILES string of the molecule is COc1cc([C@@H]2c3sc(=O)[nH]c3SC[C@@]2(CC(=O)O)C(=O)O)ccc1OCc1ccccc1. The topological polar surface area (TPSA) is 126 Å². The number of fused-ring (bicyclic) bond motifs is 1. The van der Waals surface area contributed by atoms with E-state index in [1.54, 1.807) is 18.2 Å². The van der Waals surface area contributed by atoms with Gasteiger partial charge in [0.1, 0.15) is 6.61 Å². The molecule has 2 atom stereocenters. The van der Waals surface area contributed by atoms with Gasteiger partial charge in [-0.2, -0.15) is 0 Å². The molecule has 0 unspecified atom stereocenters. The molecule has 0 saturated heterocycles.